The number of sulfonamides is 1. The summed E-state index contributed by atoms with van der Waals surface area (Å²) in [5, 5.41) is 0. The molecule has 25 heavy (non-hydrogen) atoms. The van der Waals surface area contributed by atoms with Gasteiger partial charge in [-0.15, -0.1) is 0 Å². The predicted molar refractivity (Wildman–Crippen MR) is 93.8 cm³/mol. The lowest BCUT2D eigenvalue weighted by Crippen LogP contribution is -2.27. The number of fused-ring (bicyclic) bond motifs is 1. The van der Waals surface area contributed by atoms with E-state index < -0.39 is 16.1 Å². The van der Waals surface area contributed by atoms with E-state index in [-0.39, 0.29) is 4.90 Å². The molecule has 1 atom stereocenters. The molecule has 0 saturated heterocycles. The van der Waals surface area contributed by atoms with Crippen molar-refractivity contribution in [3.05, 3.63) is 48.0 Å². The van der Waals surface area contributed by atoms with Crippen LogP contribution in [0.3, 0.4) is 0 Å². The van der Waals surface area contributed by atoms with Crippen LogP contribution in [0.2, 0.25) is 0 Å². The molecule has 1 heterocycles. The molecule has 134 valence electrons. The molecule has 1 N–H and O–H groups in total. The zero-order valence-electron chi connectivity index (χ0n) is 14.2. The van der Waals surface area contributed by atoms with E-state index in [0.717, 1.165) is 5.56 Å². The first-order valence-corrected chi connectivity index (χ1v) is 9.62. The summed E-state index contributed by atoms with van der Waals surface area (Å²) < 4.78 is 44.4. The van der Waals surface area contributed by atoms with E-state index in [0.29, 0.717) is 37.1 Å². The molecule has 0 spiro atoms. The van der Waals surface area contributed by atoms with Crippen LogP contribution in [0.4, 0.5) is 0 Å². The average Bonchev–Trinajstić information content (AvgIpc) is 2.61. The van der Waals surface area contributed by atoms with Crippen molar-refractivity contribution in [3.8, 4) is 17.2 Å². The minimum Gasteiger partial charge on any atom is -0.494 e. The van der Waals surface area contributed by atoms with E-state index in [1.54, 1.807) is 13.0 Å². The van der Waals surface area contributed by atoms with Crippen molar-refractivity contribution in [2.24, 2.45) is 0 Å². The Hall–Kier alpha value is -2.25. The second kappa shape index (κ2) is 7.33. The first-order chi connectivity index (χ1) is 12.0. The standard InChI is InChI=1S/C18H21NO5S/c1-3-22-15-6-4-5-14(11-15)13(2)19-25(20,21)16-7-8-17-18(12-16)24-10-9-23-17/h4-8,11-13,19H,3,9-10H2,1-2H3. The molecule has 0 aliphatic carbocycles. The lowest BCUT2D eigenvalue weighted by atomic mass is 10.1. The third-order valence-corrected chi connectivity index (χ3v) is 5.36. The molecule has 7 heteroatoms. The summed E-state index contributed by atoms with van der Waals surface area (Å²) in [6.07, 6.45) is 0. The van der Waals surface area contributed by atoms with Gasteiger partial charge >= 0.3 is 0 Å². The number of hydrogen-bond acceptors (Lipinski definition) is 5. The number of benzene rings is 2. The third-order valence-electron chi connectivity index (χ3n) is 3.82. The maximum Gasteiger partial charge on any atom is 0.241 e. The van der Waals surface area contributed by atoms with E-state index in [9.17, 15) is 8.42 Å². The molecule has 0 saturated carbocycles. The van der Waals surface area contributed by atoms with Crippen LogP contribution in [-0.4, -0.2) is 28.2 Å². The molecule has 0 radical (unpaired) electrons. The Kier molecular flexibility index (Phi) is 5.15. The topological polar surface area (TPSA) is 73.9 Å². The van der Waals surface area contributed by atoms with Gasteiger partial charge in [-0.1, -0.05) is 12.1 Å². The Morgan fingerprint density at radius 3 is 2.64 bits per heavy atom. The molecule has 0 fully saturated rings. The molecular weight excluding hydrogens is 342 g/mol. The van der Waals surface area contributed by atoms with Gasteiger partial charge in [-0.25, -0.2) is 13.1 Å². The van der Waals surface area contributed by atoms with Gasteiger partial charge in [0.1, 0.15) is 19.0 Å². The van der Waals surface area contributed by atoms with E-state index >= 15 is 0 Å². The van der Waals surface area contributed by atoms with Gasteiger partial charge in [0.05, 0.1) is 11.5 Å². The van der Waals surface area contributed by atoms with Gasteiger partial charge in [-0.3, -0.25) is 0 Å². The molecule has 6 nitrogen and oxygen atoms in total. The van der Waals surface area contributed by atoms with Gasteiger partial charge in [-0.2, -0.15) is 0 Å². The fourth-order valence-electron chi connectivity index (χ4n) is 2.60. The molecule has 1 unspecified atom stereocenters. The van der Waals surface area contributed by atoms with Crippen LogP contribution >= 0.6 is 0 Å². The molecule has 3 rings (SSSR count). The van der Waals surface area contributed by atoms with Crippen LogP contribution in [0.1, 0.15) is 25.5 Å². The lowest BCUT2D eigenvalue weighted by molar-refractivity contribution is 0.171. The van der Waals surface area contributed by atoms with Crippen LogP contribution in [0.25, 0.3) is 0 Å². The fraction of sp³-hybridized carbons (Fsp3) is 0.333. The zero-order chi connectivity index (χ0) is 17.9. The smallest absolute Gasteiger partial charge is 0.241 e. The van der Waals surface area contributed by atoms with Gasteiger partial charge in [0, 0.05) is 12.1 Å². The average molecular weight is 363 g/mol. The Bertz CT molecular complexity index is 850. The zero-order valence-corrected chi connectivity index (χ0v) is 15.0. The van der Waals surface area contributed by atoms with Crippen molar-refractivity contribution in [2.75, 3.05) is 19.8 Å². The number of nitrogens with one attached hydrogen (secondary N) is 1. The highest BCUT2D eigenvalue weighted by Crippen LogP contribution is 2.32. The van der Waals surface area contributed by atoms with E-state index in [1.807, 2.05) is 31.2 Å². The Balaban J connectivity index is 1.80. The van der Waals surface area contributed by atoms with Gasteiger partial charge < -0.3 is 14.2 Å². The Morgan fingerprint density at radius 1 is 1.12 bits per heavy atom. The summed E-state index contributed by atoms with van der Waals surface area (Å²) in [6, 6.07) is 11.6. The van der Waals surface area contributed by atoms with Crippen molar-refractivity contribution in [1.82, 2.24) is 4.72 Å². The largest absolute Gasteiger partial charge is 0.494 e. The molecule has 2 aromatic rings. The SMILES string of the molecule is CCOc1cccc(C(C)NS(=O)(=O)c2ccc3c(c2)OCCO3)c1. The van der Waals surface area contributed by atoms with E-state index in [4.69, 9.17) is 14.2 Å². The highest BCUT2D eigenvalue weighted by atomic mass is 32.2. The first-order valence-electron chi connectivity index (χ1n) is 8.14. The molecule has 0 amide bonds. The first kappa shape index (κ1) is 17.6. The quantitative estimate of drug-likeness (QED) is 0.854. The summed E-state index contributed by atoms with van der Waals surface area (Å²) in [5.41, 5.74) is 0.826. The summed E-state index contributed by atoms with van der Waals surface area (Å²) in [5.74, 6) is 1.72. The molecular formula is C18H21NO5S. The van der Waals surface area contributed by atoms with Crippen LogP contribution in [0.5, 0.6) is 17.2 Å². The van der Waals surface area contributed by atoms with Crippen LogP contribution in [0.15, 0.2) is 47.4 Å². The van der Waals surface area contributed by atoms with Crippen molar-refractivity contribution < 1.29 is 22.6 Å². The van der Waals surface area contributed by atoms with E-state index in [2.05, 4.69) is 4.72 Å². The Labute approximate surface area is 147 Å². The second-order valence-electron chi connectivity index (χ2n) is 5.65. The molecule has 0 aromatic heterocycles. The predicted octanol–water partition coefficient (Wildman–Crippen LogP) is 2.90. The molecule has 1 aliphatic heterocycles. The number of rotatable bonds is 6. The van der Waals surface area contributed by atoms with E-state index in [1.165, 1.54) is 12.1 Å². The van der Waals surface area contributed by atoms with Crippen molar-refractivity contribution in [3.63, 3.8) is 0 Å². The van der Waals surface area contributed by atoms with Gasteiger partial charge in [0.2, 0.25) is 10.0 Å². The van der Waals surface area contributed by atoms with Crippen molar-refractivity contribution in [1.29, 1.82) is 0 Å². The van der Waals surface area contributed by atoms with Crippen molar-refractivity contribution in [2.45, 2.75) is 24.8 Å². The fourth-order valence-corrected chi connectivity index (χ4v) is 3.85. The van der Waals surface area contributed by atoms with Crippen LogP contribution in [0, 0.1) is 0 Å². The van der Waals surface area contributed by atoms with Gasteiger partial charge in [0.15, 0.2) is 11.5 Å². The monoisotopic (exact) mass is 363 g/mol. The normalized spacial score (nSPS) is 14.8. The number of hydrogen-bond donors (Lipinski definition) is 1. The molecule has 2 aromatic carbocycles. The van der Waals surface area contributed by atoms with Crippen LogP contribution in [-0.2, 0) is 10.0 Å². The summed E-state index contributed by atoms with van der Waals surface area (Å²) in [7, 11) is -3.69. The highest BCUT2D eigenvalue weighted by Gasteiger charge is 2.22. The highest BCUT2D eigenvalue weighted by molar-refractivity contribution is 7.89. The van der Waals surface area contributed by atoms with Gasteiger partial charge in [0.25, 0.3) is 0 Å². The molecule has 0 bridgehead atoms. The van der Waals surface area contributed by atoms with Crippen molar-refractivity contribution >= 4 is 10.0 Å². The van der Waals surface area contributed by atoms with Gasteiger partial charge in [-0.05, 0) is 43.7 Å². The second-order valence-corrected chi connectivity index (χ2v) is 7.37. The third kappa shape index (κ3) is 4.05. The number of ether oxygens (including phenoxy) is 3. The maximum atomic E-state index is 12.7. The summed E-state index contributed by atoms with van der Waals surface area (Å²) in [6.45, 7) is 5.12. The summed E-state index contributed by atoms with van der Waals surface area (Å²) >= 11 is 0. The minimum absolute atomic E-state index is 0.143. The lowest BCUT2D eigenvalue weighted by Gasteiger charge is -2.20. The van der Waals surface area contributed by atoms with Crippen LogP contribution < -0.4 is 18.9 Å². The minimum atomic E-state index is -3.69. The Morgan fingerprint density at radius 2 is 1.88 bits per heavy atom. The maximum absolute atomic E-state index is 12.7. The molecule has 1 aliphatic rings. The summed E-state index contributed by atoms with van der Waals surface area (Å²) in [4.78, 5) is 0.143.